The predicted octanol–water partition coefficient (Wildman–Crippen LogP) is 3.57. The van der Waals surface area contributed by atoms with Crippen molar-refractivity contribution in [1.29, 1.82) is 0 Å². The fraction of sp³-hybridized carbons (Fsp3) is 0.364. The second-order valence-corrected chi connectivity index (χ2v) is 7.60. The van der Waals surface area contributed by atoms with Gasteiger partial charge in [-0.1, -0.05) is 42.5 Å². The van der Waals surface area contributed by atoms with Gasteiger partial charge in [-0.05, 0) is 37.0 Å². The molecule has 0 radical (unpaired) electrons. The molecule has 2 saturated heterocycles. The summed E-state index contributed by atoms with van der Waals surface area (Å²) in [7, 11) is 0. The van der Waals surface area contributed by atoms with E-state index in [1.165, 1.54) is 24.8 Å². The fourth-order valence-electron chi connectivity index (χ4n) is 4.25. The predicted molar refractivity (Wildman–Crippen MR) is 110 cm³/mol. The lowest BCUT2D eigenvalue weighted by molar-refractivity contribution is 0.563. The van der Waals surface area contributed by atoms with Crippen molar-refractivity contribution in [2.24, 2.45) is 0 Å². The lowest BCUT2D eigenvalue weighted by atomic mass is 10.1. The highest BCUT2D eigenvalue weighted by Crippen LogP contribution is 2.27. The van der Waals surface area contributed by atoms with Crippen LogP contribution < -0.4 is 15.5 Å². The Morgan fingerprint density at radius 3 is 2.67 bits per heavy atom. The van der Waals surface area contributed by atoms with Gasteiger partial charge in [0.25, 0.3) is 0 Å². The first-order valence-corrected chi connectivity index (χ1v) is 9.91. The van der Waals surface area contributed by atoms with Crippen LogP contribution in [0.5, 0.6) is 0 Å². The number of fused-ring (bicyclic) bond motifs is 3. The normalized spacial score (nSPS) is 22.0. The number of nitrogens with one attached hydrogen (secondary N) is 2. The smallest absolute Gasteiger partial charge is 0.227 e. The fourth-order valence-corrected chi connectivity index (χ4v) is 4.25. The SMILES string of the molecule is c1ccc(CNc2nc(N3CCC4CCC(C3)N4)nc3ccccc23)cc1. The quantitative estimate of drug-likeness (QED) is 0.746. The van der Waals surface area contributed by atoms with Crippen molar-refractivity contribution in [2.45, 2.75) is 37.9 Å². The lowest BCUT2D eigenvalue weighted by Gasteiger charge is -2.25. The summed E-state index contributed by atoms with van der Waals surface area (Å²) < 4.78 is 0. The van der Waals surface area contributed by atoms with Crippen LogP contribution in [0.4, 0.5) is 11.8 Å². The second-order valence-electron chi connectivity index (χ2n) is 7.60. The van der Waals surface area contributed by atoms with Gasteiger partial charge in [-0.15, -0.1) is 0 Å². The van der Waals surface area contributed by atoms with E-state index in [9.17, 15) is 0 Å². The number of aromatic nitrogens is 2. The minimum atomic E-state index is 0.563. The van der Waals surface area contributed by atoms with Crippen LogP contribution in [0.1, 0.15) is 24.8 Å². The summed E-state index contributed by atoms with van der Waals surface area (Å²) in [5, 5.41) is 8.35. The number of benzene rings is 2. The van der Waals surface area contributed by atoms with E-state index in [1.807, 2.05) is 18.2 Å². The Morgan fingerprint density at radius 2 is 1.74 bits per heavy atom. The molecule has 0 amide bonds. The average molecular weight is 359 g/mol. The van der Waals surface area contributed by atoms with Gasteiger partial charge in [0.1, 0.15) is 5.82 Å². The van der Waals surface area contributed by atoms with Crippen LogP contribution in [0, 0.1) is 0 Å². The van der Waals surface area contributed by atoms with Crippen LogP contribution in [0.15, 0.2) is 54.6 Å². The Kier molecular flexibility index (Phi) is 4.38. The topological polar surface area (TPSA) is 53.1 Å². The zero-order valence-corrected chi connectivity index (χ0v) is 15.4. The lowest BCUT2D eigenvalue weighted by Crippen LogP contribution is -2.36. The van der Waals surface area contributed by atoms with E-state index in [0.717, 1.165) is 42.3 Å². The van der Waals surface area contributed by atoms with Crippen molar-refractivity contribution in [1.82, 2.24) is 15.3 Å². The molecule has 3 aromatic rings. The van der Waals surface area contributed by atoms with Gasteiger partial charge < -0.3 is 15.5 Å². The highest BCUT2D eigenvalue weighted by Gasteiger charge is 2.30. The molecule has 2 aromatic carbocycles. The summed E-state index contributed by atoms with van der Waals surface area (Å²) in [5.74, 6) is 1.76. The van der Waals surface area contributed by atoms with Gasteiger partial charge in [0.05, 0.1) is 5.52 Å². The summed E-state index contributed by atoms with van der Waals surface area (Å²) >= 11 is 0. The van der Waals surface area contributed by atoms with Gasteiger partial charge in [-0.25, -0.2) is 4.98 Å². The molecular formula is C22H25N5. The van der Waals surface area contributed by atoms with Crippen LogP contribution in [0.3, 0.4) is 0 Å². The maximum atomic E-state index is 4.94. The van der Waals surface area contributed by atoms with Crippen LogP contribution in [0.25, 0.3) is 10.9 Å². The average Bonchev–Trinajstić information content (AvgIpc) is 3.05. The number of hydrogen-bond donors (Lipinski definition) is 2. The van der Waals surface area contributed by atoms with E-state index in [4.69, 9.17) is 9.97 Å². The molecule has 2 bridgehead atoms. The zero-order valence-electron chi connectivity index (χ0n) is 15.4. The third-order valence-corrected chi connectivity index (χ3v) is 5.70. The summed E-state index contributed by atoms with van der Waals surface area (Å²) in [6.45, 7) is 2.77. The molecule has 2 fully saturated rings. The van der Waals surface area contributed by atoms with E-state index >= 15 is 0 Å². The Balaban J connectivity index is 1.46. The molecule has 2 aliphatic rings. The zero-order chi connectivity index (χ0) is 18.1. The first-order valence-electron chi connectivity index (χ1n) is 9.91. The van der Waals surface area contributed by atoms with E-state index in [2.05, 4.69) is 51.9 Å². The van der Waals surface area contributed by atoms with Crippen LogP contribution in [0.2, 0.25) is 0 Å². The summed E-state index contributed by atoms with van der Waals surface area (Å²) in [6, 6.07) is 19.9. The molecule has 138 valence electrons. The Labute approximate surface area is 159 Å². The van der Waals surface area contributed by atoms with Gasteiger partial charge in [0, 0.05) is 37.1 Å². The Bertz CT molecular complexity index is 926. The summed E-state index contributed by atoms with van der Waals surface area (Å²) in [5.41, 5.74) is 2.25. The van der Waals surface area contributed by atoms with Crippen LogP contribution in [-0.4, -0.2) is 35.1 Å². The van der Waals surface area contributed by atoms with Crippen LogP contribution in [-0.2, 0) is 6.54 Å². The molecule has 0 saturated carbocycles. The number of para-hydroxylation sites is 1. The molecule has 2 N–H and O–H groups in total. The van der Waals surface area contributed by atoms with Gasteiger partial charge in [0.15, 0.2) is 0 Å². The molecule has 5 rings (SSSR count). The molecule has 3 heterocycles. The number of nitrogens with zero attached hydrogens (tertiary/aromatic N) is 3. The molecular weight excluding hydrogens is 334 g/mol. The maximum absolute atomic E-state index is 4.94. The molecule has 5 heteroatoms. The van der Waals surface area contributed by atoms with Crippen LogP contribution >= 0.6 is 0 Å². The highest BCUT2D eigenvalue weighted by atomic mass is 15.3. The molecule has 2 atom stereocenters. The highest BCUT2D eigenvalue weighted by molar-refractivity contribution is 5.90. The van der Waals surface area contributed by atoms with Crippen molar-refractivity contribution in [3.63, 3.8) is 0 Å². The molecule has 2 unspecified atom stereocenters. The third-order valence-electron chi connectivity index (χ3n) is 5.70. The Hall–Kier alpha value is -2.66. The molecule has 2 aliphatic heterocycles. The van der Waals surface area contributed by atoms with E-state index in [-0.39, 0.29) is 0 Å². The number of anilines is 2. The number of rotatable bonds is 4. The molecule has 0 spiro atoms. The van der Waals surface area contributed by atoms with Gasteiger partial charge in [-0.2, -0.15) is 4.98 Å². The Morgan fingerprint density at radius 1 is 0.926 bits per heavy atom. The van der Waals surface area contributed by atoms with Gasteiger partial charge >= 0.3 is 0 Å². The standard InChI is InChI=1S/C22H25N5/c1-2-6-16(7-3-1)14-23-21-19-8-4-5-9-20(19)25-22(26-21)27-13-12-17-10-11-18(15-27)24-17/h1-9,17-18,24H,10-15H2,(H,23,25,26). The van der Waals surface area contributed by atoms with Crippen molar-refractivity contribution in [2.75, 3.05) is 23.3 Å². The largest absolute Gasteiger partial charge is 0.365 e. The minimum absolute atomic E-state index is 0.563. The monoisotopic (exact) mass is 359 g/mol. The minimum Gasteiger partial charge on any atom is -0.365 e. The van der Waals surface area contributed by atoms with Crippen molar-refractivity contribution >= 4 is 22.7 Å². The van der Waals surface area contributed by atoms with Gasteiger partial charge in [0.2, 0.25) is 5.95 Å². The molecule has 0 aliphatic carbocycles. The first kappa shape index (κ1) is 16.5. The molecule has 5 nitrogen and oxygen atoms in total. The maximum Gasteiger partial charge on any atom is 0.227 e. The molecule has 1 aromatic heterocycles. The van der Waals surface area contributed by atoms with E-state index in [1.54, 1.807) is 0 Å². The van der Waals surface area contributed by atoms with Crippen molar-refractivity contribution < 1.29 is 0 Å². The number of hydrogen-bond acceptors (Lipinski definition) is 5. The van der Waals surface area contributed by atoms with Crippen molar-refractivity contribution in [3.8, 4) is 0 Å². The third kappa shape index (κ3) is 3.47. The first-order chi connectivity index (χ1) is 13.3. The summed E-state index contributed by atoms with van der Waals surface area (Å²) in [6.07, 6.45) is 3.73. The van der Waals surface area contributed by atoms with E-state index < -0.39 is 0 Å². The molecule has 27 heavy (non-hydrogen) atoms. The van der Waals surface area contributed by atoms with E-state index in [0.29, 0.717) is 12.1 Å². The summed E-state index contributed by atoms with van der Waals surface area (Å²) in [4.78, 5) is 12.2. The van der Waals surface area contributed by atoms with Crippen molar-refractivity contribution in [3.05, 3.63) is 60.2 Å². The van der Waals surface area contributed by atoms with Gasteiger partial charge in [-0.3, -0.25) is 0 Å². The second kappa shape index (κ2) is 7.16.